The van der Waals surface area contributed by atoms with Crippen LogP contribution in [0, 0.1) is 6.92 Å². The van der Waals surface area contributed by atoms with Gasteiger partial charge in [-0.1, -0.05) is 47.5 Å². The summed E-state index contributed by atoms with van der Waals surface area (Å²) < 4.78 is 0. The number of aryl methyl sites for hydroxylation is 1. The molecule has 2 aromatic rings. The third kappa shape index (κ3) is 5.91. The number of carbonyl (C=O) groups is 4. The molecule has 1 aliphatic heterocycles. The fourth-order valence-corrected chi connectivity index (χ4v) is 4.22. The van der Waals surface area contributed by atoms with Gasteiger partial charge in [-0.25, -0.2) is 0 Å². The normalized spacial score (nSPS) is 14.7. The SMILES string of the molecule is Cc1ccccc1C(=O)NCC(=O)NCCN1C(=O)SC(=Cc2ccc(Cl)cc2Cl)C1=O. The van der Waals surface area contributed by atoms with Crippen LogP contribution in [-0.2, 0) is 9.59 Å². The Kier molecular flexibility index (Phi) is 7.95. The molecule has 0 spiro atoms. The van der Waals surface area contributed by atoms with Crippen molar-refractivity contribution in [2.75, 3.05) is 19.6 Å². The summed E-state index contributed by atoms with van der Waals surface area (Å²) in [6, 6.07) is 11.9. The van der Waals surface area contributed by atoms with Crippen molar-refractivity contribution in [1.29, 1.82) is 0 Å². The van der Waals surface area contributed by atoms with Crippen molar-refractivity contribution < 1.29 is 19.2 Å². The Labute approximate surface area is 199 Å². The molecule has 0 saturated carbocycles. The van der Waals surface area contributed by atoms with Gasteiger partial charge in [0.15, 0.2) is 0 Å². The Morgan fingerprint density at radius 2 is 1.84 bits per heavy atom. The molecule has 0 atom stereocenters. The van der Waals surface area contributed by atoms with Crippen molar-refractivity contribution in [3.63, 3.8) is 0 Å². The number of carbonyl (C=O) groups excluding carboxylic acids is 4. The number of amides is 4. The minimum Gasteiger partial charge on any atom is -0.353 e. The van der Waals surface area contributed by atoms with Crippen LogP contribution in [0.5, 0.6) is 0 Å². The van der Waals surface area contributed by atoms with E-state index in [2.05, 4.69) is 10.6 Å². The van der Waals surface area contributed by atoms with E-state index in [1.165, 1.54) is 6.08 Å². The van der Waals surface area contributed by atoms with Crippen LogP contribution in [-0.4, -0.2) is 47.5 Å². The third-order valence-corrected chi connectivity index (χ3v) is 6.05. The van der Waals surface area contributed by atoms with E-state index in [1.807, 2.05) is 6.07 Å². The minimum atomic E-state index is -0.465. The summed E-state index contributed by atoms with van der Waals surface area (Å²) in [5.41, 5.74) is 1.86. The van der Waals surface area contributed by atoms with E-state index in [0.717, 1.165) is 22.2 Å². The zero-order chi connectivity index (χ0) is 23.3. The average molecular weight is 492 g/mol. The molecule has 7 nitrogen and oxygen atoms in total. The standard InChI is InChI=1S/C22H19Cl2N3O4S/c1-13-4-2-3-5-16(13)20(29)26-12-19(28)25-8-9-27-21(30)18(32-22(27)31)10-14-6-7-15(23)11-17(14)24/h2-7,10-11H,8-9,12H2,1H3,(H,25,28)(H,26,29). The van der Waals surface area contributed by atoms with E-state index in [9.17, 15) is 19.2 Å². The van der Waals surface area contributed by atoms with E-state index in [0.29, 0.717) is 21.2 Å². The van der Waals surface area contributed by atoms with Gasteiger partial charge in [-0.05, 0) is 54.1 Å². The second kappa shape index (κ2) is 10.7. The van der Waals surface area contributed by atoms with E-state index >= 15 is 0 Å². The van der Waals surface area contributed by atoms with Gasteiger partial charge in [0, 0.05) is 28.7 Å². The lowest BCUT2D eigenvalue weighted by molar-refractivity contribution is -0.124. The molecule has 0 unspecified atom stereocenters. The lowest BCUT2D eigenvalue weighted by Gasteiger charge is -2.13. The molecule has 1 saturated heterocycles. The summed E-state index contributed by atoms with van der Waals surface area (Å²) in [5.74, 6) is -1.24. The van der Waals surface area contributed by atoms with Crippen LogP contribution in [0.4, 0.5) is 4.79 Å². The average Bonchev–Trinajstić information content (AvgIpc) is 3.01. The summed E-state index contributed by atoms with van der Waals surface area (Å²) in [6.45, 7) is 1.66. The summed E-state index contributed by atoms with van der Waals surface area (Å²) in [5, 5.41) is 5.53. The lowest BCUT2D eigenvalue weighted by atomic mass is 10.1. The molecule has 2 aromatic carbocycles. The molecule has 32 heavy (non-hydrogen) atoms. The van der Waals surface area contributed by atoms with Crippen LogP contribution in [0.2, 0.25) is 10.0 Å². The first kappa shape index (κ1) is 23.8. The second-order valence-corrected chi connectivity index (χ2v) is 8.68. The van der Waals surface area contributed by atoms with Gasteiger partial charge < -0.3 is 10.6 Å². The quantitative estimate of drug-likeness (QED) is 0.572. The van der Waals surface area contributed by atoms with Gasteiger partial charge in [0.2, 0.25) is 5.91 Å². The predicted octanol–water partition coefficient (Wildman–Crippen LogP) is 3.88. The maximum Gasteiger partial charge on any atom is 0.293 e. The number of benzene rings is 2. The Bertz CT molecular complexity index is 1120. The Morgan fingerprint density at radius 3 is 2.56 bits per heavy atom. The molecular weight excluding hydrogens is 473 g/mol. The number of rotatable bonds is 7. The van der Waals surface area contributed by atoms with Crippen LogP contribution in [0.25, 0.3) is 6.08 Å². The first-order valence-corrected chi connectivity index (χ1v) is 11.1. The Balaban J connectivity index is 1.49. The van der Waals surface area contributed by atoms with Crippen molar-refractivity contribution in [3.05, 3.63) is 74.1 Å². The van der Waals surface area contributed by atoms with Crippen molar-refractivity contribution in [1.82, 2.24) is 15.5 Å². The summed E-state index contributed by atoms with van der Waals surface area (Å²) >= 11 is 12.8. The van der Waals surface area contributed by atoms with Crippen LogP contribution < -0.4 is 10.6 Å². The highest BCUT2D eigenvalue weighted by Gasteiger charge is 2.34. The fraction of sp³-hybridized carbons (Fsp3) is 0.182. The van der Waals surface area contributed by atoms with Gasteiger partial charge in [0.25, 0.3) is 17.1 Å². The third-order valence-electron chi connectivity index (χ3n) is 4.58. The first-order chi connectivity index (χ1) is 15.3. The number of nitrogens with one attached hydrogen (secondary N) is 2. The molecule has 3 rings (SSSR count). The minimum absolute atomic E-state index is 0.00777. The summed E-state index contributed by atoms with van der Waals surface area (Å²) in [6.07, 6.45) is 1.53. The molecule has 0 aliphatic carbocycles. The molecule has 0 radical (unpaired) electrons. The molecule has 166 valence electrons. The highest BCUT2D eigenvalue weighted by atomic mass is 35.5. The maximum atomic E-state index is 12.6. The van der Waals surface area contributed by atoms with E-state index in [-0.39, 0.29) is 30.4 Å². The zero-order valence-corrected chi connectivity index (χ0v) is 19.3. The molecule has 0 bridgehead atoms. The Hall–Kier alpha value is -2.81. The molecule has 1 aliphatic rings. The van der Waals surface area contributed by atoms with Crippen LogP contribution in [0.3, 0.4) is 0 Å². The first-order valence-electron chi connectivity index (χ1n) is 9.57. The van der Waals surface area contributed by atoms with E-state index in [4.69, 9.17) is 23.2 Å². The van der Waals surface area contributed by atoms with Gasteiger partial charge in [0.05, 0.1) is 11.4 Å². The summed E-state index contributed by atoms with van der Waals surface area (Å²) in [7, 11) is 0. The van der Waals surface area contributed by atoms with Gasteiger partial charge in [-0.2, -0.15) is 0 Å². The molecule has 1 heterocycles. The van der Waals surface area contributed by atoms with Crippen LogP contribution >= 0.6 is 35.0 Å². The summed E-state index contributed by atoms with van der Waals surface area (Å²) in [4.78, 5) is 50.2. The fourth-order valence-electron chi connectivity index (χ4n) is 2.91. The largest absolute Gasteiger partial charge is 0.353 e. The van der Waals surface area contributed by atoms with E-state index < -0.39 is 17.1 Å². The van der Waals surface area contributed by atoms with Crippen molar-refractivity contribution >= 4 is 64.0 Å². The smallest absolute Gasteiger partial charge is 0.293 e. The van der Waals surface area contributed by atoms with Crippen molar-refractivity contribution in [2.45, 2.75) is 6.92 Å². The second-order valence-electron chi connectivity index (χ2n) is 6.85. The number of halogens is 2. The molecule has 10 heteroatoms. The predicted molar refractivity (Wildman–Crippen MR) is 126 cm³/mol. The number of thioether (sulfide) groups is 1. The highest BCUT2D eigenvalue weighted by Crippen LogP contribution is 2.33. The van der Waals surface area contributed by atoms with E-state index in [1.54, 1.807) is 43.3 Å². The van der Waals surface area contributed by atoms with Gasteiger partial charge in [-0.3, -0.25) is 24.1 Å². The van der Waals surface area contributed by atoms with Gasteiger partial charge in [0.1, 0.15) is 0 Å². The van der Waals surface area contributed by atoms with Crippen molar-refractivity contribution in [3.8, 4) is 0 Å². The number of imide groups is 1. The van der Waals surface area contributed by atoms with Crippen molar-refractivity contribution in [2.24, 2.45) is 0 Å². The molecule has 4 amide bonds. The monoisotopic (exact) mass is 491 g/mol. The maximum absolute atomic E-state index is 12.6. The van der Waals surface area contributed by atoms with Gasteiger partial charge >= 0.3 is 0 Å². The topological polar surface area (TPSA) is 95.6 Å². The number of nitrogens with zero attached hydrogens (tertiary/aromatic N) is 1. The van der Waals surface area contributed by atoms with Gasteiger partial charge in [-0.15, -0.1) is 0 Å². The Morgan fingerprint density at radius 1 is 1.09 bits per heavy atom. The molecule has 2 N–H and O–H groups in total. The zero-order valence-electron chi connectivity index (χ0n) is 17.0. The number of hydrogen-bond acceptors (Lipinski definition) is 5. The molecular formula is C22H19Cl2N3O4S. The highest BCUT2D eigenvalue weighted by molar-refractivity contribution is 8.18. The van der Waals surface area contributed by atoms with Crippen LogP contribution in [0.1, 0.15) is 21.5 Å². The number of hydrogen-bond donors (Lipinski definition) is 2. The lowest BCUT2D eigenvalue weighted by Crippen LogP contribution is -2.41. The van der Waals surface area contributed by atoms with Crippen LogP contribution in [0.15, 0.2) is 47.4 Å². The molecule has 0 aromatic heterocycles. The molecule has 1 fully saturated rings.